The first-order valence-corrected chi connectivity index (χ1v) is 7.64. The molecule has 2 N–H and O–H groups in total. The van der Waals surface area contributed by atoms with Crippen LogP contribution in [0, 0.1) is 19.3 Å². The molecule has 0 saturated carbocycles. The minimum Gasteiger partial charge on any atom is -0.497 e. The van der Waals surface area contributed by atoms with Crippen molar-refractivity contribution in [2.24, 2.45) is 0 Å². The van der Waals surface area contributed by atoms with Gasteiger partial charge in [-0.15, -0.1) is 0 Å². The third kappa shape index (κ3) is 2.59. The van der Waals surface area contributed by atoms with Crippen LogP contribution in [0.1, 0.15) is 16.8 Å². The molecule has 0 radical (unpaired) electrons. The zero-order valence-electron chi connectivity index (χ0n) is 13.4. The Labute approximate surface area is 144 Å². The first kappa shape index (κ1) is 16.3. The lowest BCUT2D eigenvalue weighted by atomic mass is 10.0. The molecular weight excluding hydrogens is 330 g/mol. The monoisotopic (exact) mass is 345 g/mol. The van der Waals surface area contributed by atoms with E-state index in [1.54, 1.807) is 31.4 Å². The molecule has 3 rings (SSSR count). The molecule has 7 heteroatoms. The van der Waals surface area contributed by atoms with Gasteiger partial charge in [0.25, 0.3) is 5.91 Å². The lowest BCUT2D eigenvalue weighted by Crippen LogP contribution is -2.46. The second-order valence-electron chi connectivity index (χ2n) is 5.52. The van der Waals surface area contributed by atoms with Crippen molar-refractivity contribution in [1.82, 2.24) is 4.98 Å². The van der Waals surface area contributed by atoms with Crippen molar-refractivity contribution >= 4 is 28.9 Å². The van der Waals surface area contributed by atoms with Crippen molar-refractivity contribution in [2.75, 3.05) is 12.4 Å². The highest BCUT2D eigenvalue weighted by molar-refractivity contribution is 6.50. The lowest BCUT2D eigenvalue weighted by molar-refractivity contribution is -0.121. The van der Waals surface area contributed by atoms with Crippen molar-refractivity contribution in [3.05, 3.63) is 47.2 Å². The standard InChI is InChI=1S/C17H16ClN3O3/c1-9-8-10(2)20-15-13(9)14(19)17(18,24-15)16(22)21-11-4-6-12(23-3)7-5-11/h4-8,19H,1-3H3,(H,21,22). The fourth-order valence-corrected chi connectivity index (χ4v) is 2.79. The van der Waals surface area contributed by atoms with E-state index in [0.717, 1.165) is 11.3 Å². The number of halogens is 1. The lowest BCUT2D eigenvalue weighted by Gasteiger charge is -2.20. The van der Waals surface area contributed by atoms with Gasteiger partial charge in [0.1, 0.15) is 11.5 Å². The number of hydrogen-bond acceptors (Lipinski definition) is 5. The molecule has 1 atom stereocenters. The predicted octanol–water partition coefficient (Wildman–Crippen LogP) is 3.04. The van der Waals surface area contributed by atoms with Gasteiger partial charge < -0.3 is 14.8 Å². The van der Waals surface area contributed by atoms with Crippen LogP contribution in [0.2, 0.25) is 0 Å². The Bertz CT molecular complexity index is 836. The number of nitrogens with one attached hydrogen (secondary N) is 2. The number of pyridine rings is 1. The van der Waals surface area contributed by atoms with Gasteiger partial charge in [-0.25, -0.2) is 4.98 Å². The van der Waals surface area contributed by atoms with Crippen LogP contribution in [0.4, 0.5) is 5.69 Å². The number of alkyl halides is 1. The van der Waals surface area contributed by atoms with E-state index >= 15 is 0 Å². The van der Waals surface area contributed by atoms with Crippen LogP contribution < -0.4 is 14.8 Å². The summed E-state index contributed by atoms with van der Waals surface area (Å²) in [5, 5.41) is 9.00. The van der Waals surface area contributed by atoms with Crippen LogP contribution in [-0.2, 0) is 4.79 Å². The number of carbonyl (C=O) groups excluding carboxylic acids is 1. The van der Waals surface area contributed by atoms with Crippen molar-refractivity contribution in [2.45, 2.75) is 18.9 Å². The topological polar surface area (TPSA) is 84.3 Å². The SMILES string of the molecule is COc1ccc(NC(=O)C2(Cl)Oc3nc(C)cc(C)c3C2=N)cc1. The van der Waals surface area contributed by atoms with Gasteiger partial charge in [-0.05, 0) is 49.7 Å². The number of aryl methyl sites for hydroxylation is 2. The molecule has 1 amide bonds. The molecule has 0 bridgehead atoms. The summed E-state index contributed by atoms with van der Waals surface area (Å²) < 4.78 is 10.6. The number of hydrogen-bond donors (Lipinski definition) is 2. The third-order valence-corrected chi connectivity index (χ3v) is 4.20. The minimum absolute atomic E-state index is 0.116. The first-order valence-electron chi connectivity index (χ1n) is 7.26. The zero-order chi connectivity index (χ0) is 17.5. The zero-order valence-corrected chi connectivity index (χ0v) is 14.2. The average Bonchev–Trinajstić information content (AvgIpc) is 2.80. The molecule has 6 nitrogen and oxygen atoms in total. The summed E-state index contributed by atoms with van der Waals surface area (Å²) in [6.07, 6.45) is 0. The Hall–Kier alpha value is -2.60. The maximum atomic E-state index is 12.6. The molecule has 0 fully saturated rings. The number of carbonyl (C=O) groups is 1. The summed E-state index contributed by atoms with van der Waals surface area (Å²) in [6.45, 7) is 3.64. The Morgan fingerprint density at radius 2 is 2.00 bits per heavy atom. The highest BCUT2D eigenvalue weighted by atomic mass is 35.5. The summed E-state index contributed by atoms with van der Waals surface area (Å²) in [5.41, 5.74) is 2.39. The third-order valence-electron chi connectivity index (χ3n) is 3.76. The van der Waals surface area contributed by atoms with E-state index in [0.29, 0.717) is 17.0 Å². The number of benzene rings is 1. The van der Waals surface area contributed by atoms with E-state index in [1.165, 1.54) is 0 Å². The van der Waals surface area contributed by atoms with E-state index in [1.807, 2.05) is 19.9 Å². The molecule has 1 aromatic heterocycles. The number of fused-ring (bicyclic) bond motifs is 1. The number of amides is 1. The van der Waals surface area contributed by atoms with Gasteiger partial charge in [0, 0.05) is 11.4 Å². The number of anilines is 1. The molecule has 1 unspecified atom stereocenters. The Morgan fingerprint density at radius 1 is 1.33 bits per heavy atom. The van der Waals surface area contributed by atoms with Crippen LogP contribution in [0.3, 0.4) is 0 Å². The van der Waals surface area contributed by atoms with Crippen molar-refractivity contribution in [3.8, 4) is 11.6 Å². The number of nitrogens with zero attached hydrogens (tertiary/aromatic N) is 1. The van der Waals surface area contributed by atoms with Crippen LogP contribution in [0.5, 0.6) is 11.6 Å². The van der Waals surface area contributed by atoms with Crippen molar-refractivity contribution in [3.63, 3.8) is 0 Å². The molecule has 2 heterocycles. The Morgan fingerprint density at radius 3 is 2.62 bits per heavy atom. The van der Waals surface area contributed by atoms with Gasteiger partial charge in [-0.1, -0.05) is 11.6 Å². The highest BCUT2D eigenvalue weighted by Gasteiger charge is 2.51. The van der Waals surface area contributed by atoms with E-state index in [4.69, 9.17) is 26.5 Å². The highest BCUT2D eigenvalue weighted by Crippen LogP contribution is 2.39. The molecule has 24 heavy (non-hydrogen) atoms. The molecule has 0 aliphatic carbocycles. The second kappa shape index (κ2) is 5.79. The molecular formula is C17H16ClN3O3. The van der Waals surface area contributed by atoms with Crippen LogP contribution >= 0.6 is 11.6 Å². The quantitative estimate of drug-likeness (QED) is 0.837. The largest absolute Gasteiger partial charge is 0.497 e. The fourth-order valence-electron chi connectivity index (χ4n) is 2.57. The van der Waals surface area contributed by atoms with Crippen LogP contribution in [-0.4, -0.2) is 28.8 Å². The van der Waals surface area contributed by atoms with Gasteiger partial charge in [-0.3, -0.25) is 10.2 Å². The van der Waals surface area contributed by atoms with Crippen LogP contribution in [0.25, 0.3) is 0 Å². The van der Waals surface area contributed by atoms with Gasteiger partial charge in [0.05, 0.1) is 12.7 Å². The molecule has 124 valence electrons. The van der Waals surface area contributed by atoms with Crippen LogP contribution in [0.15, 0.2) is 30.3 Å². The van der Waals surface area contributed by atoms with E-state index in [2.05, 4.69) is 10.3 Å². The van der Waals surface area contributed by atoms with Gasteiger partial charge in [0.2, 0.25) is 5.88 Å². The fraction of sp³-hybridized carbons (Fsp3) is 0.235. The number of methoxy groups -OCH3 is 1. The average molecular weight is 346 g/mol. The summed E-state index contributed by atoms with van der Waals surface area (Å²) >= 11 is 6.35. The summed E-state index contributed by atoms with van der Waals surface area (Å²) in [7, 11) is 1.56. The minimum atomic E-state index is -1.94. The maximum absolute atomic E-state index is 12.6. The van der Waals surface area contributed by atoms with Gasteiger partial charge in [-0.2, -0.15) is 0 Å². The Kier molecular flexibility index (Phi) is 3.93. The predicted molar refractivity (Wildman–Crippen MR) is 91.4 cm³/mol. The molecule has 1 aliphatic rings. The smallest absolute Gasteiger partial charge is 0.305 e. The molecule has 1 aromatic carbocycles. The van der Waals surface area contributed by atoms with Gasteiger partial charge in [0.15, 0.2) is 0 Å². The van der Waals surface area contributed by atoms with Crippen molar-refractivity contribution < 1.29 is 14.3 Å². The number of ether oxygens (including phenoxy) is 2. The van der Waals surface area contributed by atoms with Crippen molar-refractivity contribution in [1.29, 1.82) is 5.41 Å². The number of rotatable bonds is 3. The second-order valence-corrected chi connectivity index (χ2v) is 6.05. The normalized spacial score (nSPS) is 18.8. The van der Waals surface area contributed by atoms with E-state index in [-0.39, 0.29) is 11.6 Å². The molecule has 2 aromatic rings. The summed E-state index contributed by atoms with van der Waals surface area (Å²) in [4.78, 5) is 16.8. The maximum Gasteiger partial charge on any atom is 0.305 e. The van der Waals surface area contributed by atoms with E-state index in [9.17, 15) is 4.79 Å². The Balaban J connectivity index is 1.87. The molecule has 0 spiro atoms. The first-order chi connectivity index (χ1) is 11.3. The van der Waals surface area contributed by atoms with E-state index < -0.39 is 11.0 Å². The molecule has 1 aliphatic heterocycles. The molecule has 0 saturated heterocycles. The summed E-state index contributed by atoms with van der Waals surface area (Å²) in [5.74, 6) is 0.230. The summed E-state index contributed by atoms with van der Waals surface area (Å²) in [6, 6.07) is 8.59. The van der Waals surface area contributed by atoms with Gasteiger partial charge >= 0.3 is 5.06 Å². The number of aromatic nitrogens is 1.